The predicted octanol–water partition coefficient (Wildman–Crippen LogP) is 2.50. The van der Waals surface area contributed by atoms with E-state index < -0.39 is 6.09 Å². The molecule has 0 radical (unpaired) electrons. The molecule has 0 fully saturated rings. The van der Waals surface area contributed by atoms with Gasteiger partial charge in [-0.15, -0.1) is 0 Å². The highest BCUT2D eigenvalue weighted by Crippen LogP contribution is 2.30. The van der Waals surface area contributed by atoms with Gasteiger partial charge in [-0.3, -0.25) is 10.00 Å². The Morgan fingerprint density at radius 1 is 1.57 bits per heavy atom. The molecule has 9 heteroatoms. The Labute approximate surface area is 137 Å². The van der Waals surface area contributed by atoms with Crippen molar-refractivity contribution in [1.82, 2.24) is 19.6 Å². The lowest BCUT2D eigenvalue weighted by Crippen LogP contribution is -2.17. The largest absolute Gasteiger partial charge is 0.450 e. The molecule has 3 rings (SSSR count). The molecule has 0 spiro atoms. The lowest BCUT2D eigenvalue weighted by Gasteiger charge is -2.12. The van der Waals surface area contributed by atoms with Gasteiger partial charge in [-0.25, -0.2) is 4.79 Å². The van der Waals surface area contributed by atoms with Gasteiger partial charge >= 0.3 is 6.09 Å². The van der Waals surface area contributed by atoms with Gasteiger partial charge in [0.1, 0.15) is 16.7 Å². The first-order chi connectivity index (χ1) is 11.2. The fourth-order valence-electron chi connectivity index (χ4n) is 2.55. The minimum absolute atomic E-state index is 0.197. The highest BCUT2D eigenvalue weighted by Gasteiger charge is 2.24. The van der Waals surface area contributed by atoms with E-state index in [1.807, 2.05) is 10.8 Å². The maximum Gasteiger partial charge on any atom is 0.412 e. The van der Waals surface area contributed by atoms with Gasteiger partial charge in [0.05, 0.1) is 18.5 Å². The van der Waals surface area contributed by atoms with Crippen LogP contribution in [0.2, 0.25) is 5.02 Å². The number of aromatic nitrogens is 4. The van der Waals surface area contributed by atoms with Gasteiger partial charge in [-0.2, -0.15) is 20.1 Å². The Morgan fingerprint density at radius 3 is 3.09 bits per heavy atom. The smallest absolute Gasteiger partial charge is 0.412 e. The highest BCUT2D eigenvalue weighted by atomic mass is 35.5. The average Bonchev–Trinajstić information content (AvgIpc) is 3.09. The summed E-state index contributed by atoms with van der Waals surface area (Å²) in [7, 11) is 0. The number of hydrogen-bond acceptors (Lipinski definition) is 5. The molecule has 2 aromatic heterocycles. The van der Waals surface area contributed by atoms with Crippen LogP contribution in [-0.4, -0.2) is 32.3 Å². The van der Waals surface area contributed by atoms with Crippen LogP contribution in [0.15, 0.2) is 6.20 Å². The molecule has 0 saturated heterocycles. The van der Waals surface area contributed by atoms with Gasteiger partial charge in [-0.05, 0) is 26.2 Å². The van der Waals surface area contributed by atoms with Crippen LogP contribution < -0.4 is 5.32 Å². The van der Waals surface area contributed by atoms with Crippen molar-refractivity contribution in [2.24, 2.45) is 0 Å². The number of ether oxygens (including phenoxy) is 1. The number of aryl methyl sites for hydroxylation is 1. The second kappa shape index (κ2) is 6.30. The Bertz CT molecular complexity index is 788. The van der Waals surface area contributed by atoms with Crippen LogP contribution in [0.4, 0.5) is 10.6 Å². The molecule has 3 heterocycles. The normalized spacial score (nSPS) is 13.3. The number of rotatable bonds is 3. The lowest BCUT2D eigenvalue weighted by atomic mass is 10.1. The third-order valence-corrected chi connectivity index (χ3v) is 3.98. The second-order valence-corrected chi connectivity index (χ2v) is 5.42. The standard InChI is InChI=1S/C14H15ClN6O2/c1-2-23-14(22)18-12-9(7-16)8-17-21(12)13-11(15)10-5-3-4-6-20(10)19-13/h8H,2-6H2,1H3,(H,18,22). The Hall–Kier alpha value is -2.53. The van der Waals surface area contributed by atoms with E-state index in [4.69, 9.17) is 16.3 Å². The van der Waals surface area contributed by atoms with E-state index in [2.05, 4.69) is 15.5 Å². The first-order valence-corrected chi connectivity index (χ1v) is 7.71. The number of carbonyl (C=O) groups excluding carboxylic acids is 1. The summed E-state index contributed by atoms with van der Waals surface area (Å²) >= 11 is 6.43. The predicted molar refractivity (Wildman–Crippen MR) is 82.7 cm³/mol. The van der Waals surface area contributed by atoms with Crippen LogP contribution in [0.1, 0.15) is 31.0 Å². The monoisotopic (exact) mass is 334 g/mol. The first-order valence-electron chi connectivity index (χ1n) is 7.33. The summed E-state index contributed by atoms with van der Waals surface area (Å²) in [5.74, 6) is 0.597. The molecule has 0 aliphatic carbocycles. The zero-order valence-corrected chi connectivity index (χ0v) is 13.3. The maximum absolute atomic E-state index is 11.7. The van der Waals surface area contributed by atoms with E-state index >= 15 is 0 Å². The molecule has 23 heavy (non-hydrogen) atoms. The maximum atomic E-state index is 11.7. The number of fused-ring (bicyclic) bond motifs is 1. The quantitative estimate of drug-likeness (QED) is 0.929. The molecule has 0 unspecified atom stereocenters. The Morgan fingerprint density at radius 2 is 2.39 bits per heavy atom. The van der Waals surface area contributed by atoms with Crippen LogP contribution in [0, 0.1) is 11.3 Å². The van der Waals surface area contributed by atoms with Crippen molar-refractivity contribution >= 4 is 23.5 Å². The summed E-state index contributed by atoms with van der Waals surface area (Å²) in [5.41, 5.74) is 1.16. The second-order valence-electron chi connectivity index (χ2n) is 5.04. The van der Waals surface area contributed by atoms with E-state index in [0.29, 0.717) is 10.8 Å². The lowest BCUT2D eigenvalue weighted by molar-refractivity contribution is 0.167. The van der Waals surface area contributed by atoms with Crippen LogP contribution in [0.25, 0.3) is 5.82 Å². The summed E-state index contributed by atoms with van der Waals surface area (Å²) in [6, 6.07) is 1.98. The molecule has 0 aromatic carbocycles. The van der Waals surface area contributed by atoms with E-state index in [1.165, 1.54) is 10.9 Å². The van der Waals surface area contributed by atoms with Crippen LogP contribution in [-0.2, 0) is 17.7 Å². The van der Waals surface area contributed by atoms with Gasteiger partial charge in [-0.1, -0.05) is 11.6 Å². The van der Waals surface area contributed by atoms with Gasteiger partial charge in [0.2, 0.25) is 0 Å². The van der Waals surface area contributed by atoms with Crippen molar-refractivity contribution in [3.63, 3.8) is 0 Å². The fraction of sp³-hybridized carbons (Fsp3) is 0.429. The summed E-state index contributed by atoms with van der Waals surface area (Å²) in [6.45, 7) is 2.71. The summed E-state index contributed by atoms with van der Waals surface area (Å²) in [6.07, 6.45) is 3.64. The fourth-order valence-corrected chi connectivity index (χ4v) is 2.86. The van der Waals surface area contributed by atoms with Crippen molar-refractivity contribution in [3.8, 4) is 11.9 Å². The summed E-state index contributed by atoms with van der Waals surface area (Å²) in [5, 5.41) is 20.8. The molecule has 0 bridgehead atoms. The van der Waals surface area contributed by atoms with Gasteiger partial charge in [0.15, 0.2) is 11.6 Å². The zero-order chi connectivity index (χ0) is 16.4. The molecule has 1 amide bonds. The van der Waals surface area contributed by atoms with Crippen LogP contribution >= 0.6 is 11.6 Å². The van der Waals surface area contributed by atoms with Gasteiger partial charge < -0.3 is 4.74 Å². The third kappa shape index (κ3) is 2.75. The van der Waals surface area contributed by atoms with Gasteiger partial charge in [0.25, 0.3) is 0 Å². The third-order valence-electron chi connectivity index (χ3n) is 3.60. The number of hydrogen-bond donors (Lipinski definition) is 1. The molecule has 0 atom stereocenters. The molecule has 8 nitrogen and oxygen atoms in total. The van der Waals surface area contributed by atoms with Crippen molar-refractivity contribution in [2.45, 2.75) is 32.7 Å². The summed E-state index contributed by atoms with van der Waals surface area (Å²) in [4.78, 5) is 11.7. The molecule has 1 aliphatic heterocycles. The number of halogens is 1. The molecule has 2 aromatic rings. The molecule has 0 saturated carbocycles. The topological polar surface area (TPSA) is 97.8 Å². The highest BCUT2D eigenvalue weighted by molar-refractivity contribution is 6.33. The van der Waals surface area contributed by atoms with Crippen molar-refractivity contribution in [2.75, 3.05) is 11.9 Å². The van der Waals surface area contributed by atoms with Gasteiger partial charge in [0, 0.05) is 6.54 Å². The number of anilines is 1. The first kappa shape index (κ1) is 15.4. The molecule has 120 valence electrons. The number of nitrogens with zero attached hydrogens (tertiary/aromatic N) is 5. The molecule has 1 aliphatic rings. The minimum Gasteiger partial charge on any atom is -0.450 e. The van der Waals surface area contributed by atoms with E-state index in [9.17, 15) is 10.1 Å². The number of nitriles is 1. The minimum atomic E-state index is -0.661. The summed E-state index contributed by atoms with van der Waals surface area (Å²) < 4.78 is 8.07. The van der Waals surface area contributed by atoms with Crippen molar-refractivity contribution in [3.05, 3.63) is 22.5 Å². The Kier molecular flexibility index (Phi) is 4.21. The number of carbonyl (C=O) groups is 1. The van der Waals surface area contributed by atoms with Crippen molar-refractivity contribution in [1.29, 1.82) is 5.26 Å². The SMILES string of the molecule is CCOC(=O)Nc1c(C#N)cnn1-c1nn2c(c1Cl)CCCC2. The molecule has 1 N–H and O–H groups in total. The van der Waals surface area contributed by atoms with Crippen LogP contribution in [0.5, 0.6) is 0 Å². The molecular weight excluding hydrogens is 320 g/mol. The Balaban J connectivity index is 2.04. The molecular formula is C14H15ClN6O2. The van der Waals surface area contributed by atoms with E-state index in [0.717, 1.165) is 31.5 Å². The van der Waals surface area contributed by atoms with E-state index in [1.54, 1.807) is 6.92 Å². The number of amides is 1. The van der Waals surface area contributed by atoms with E-state index in [-0.39, 0.29) is 18.0 Å². The zero-order valence-electron chi connectivity index (χ0n) is 12.5. The number of nitrogens with one attached hydrogen (secondary N) is 1. The van der Waals surface area contributed by atoms with Crippen LogP contribution in [0.3, 0.4) is 0 Å². The van der Waals surface area contributed by atoms with Crippen molar-refractivity contribution < 1.29 is 9.53 Å². The average molecular weight is 335 g/mol.